The number of nitrogens with zero attached hydrogens (tertiary/aromatic N) is 1. The SMILES string of the molecule is CC1(C)c2sc3ccc(-n4c5ccccc5c5ccccc54)cc3c2-c2c3ccccc3c(-c3ccc4c(c3)sc3ccccc34)c3cccc1c23. The van der Waals surface area contributed by atoms with E-state index in [0.29, 0.717) is 0 Å². The van der Waals surface area contributed by atoms with Crippen LogP contribution < -0.4 is 0 Å². The van der Waals surface area contributed by atoms with Gasteiger partial charge in [-0.15, -0.1) is 22.7 Å². The monoisotopic (exact) mass is 697 g/mol. The van der Waals surface area contributed by atoms with Crippen LogP contribution in [0.15, 0.2) is 152 Å². The van der Waals surface area contributed by atoms with Crippen LogP contribution in [-0.2, 0) is 5.41 Å². The number of thiophene rings is 2. The molecule has 0 aliphatic heterocycles. The van der Waals surface area contributed by atoms with Crippen LogP contribution in [0.4, 0.5) is 0 Å². The third-order valence-electron chi connectivity index (χ3n) is 11.7. The molecule has 244 valence electrons. The van der Waals surface area contributed by atoms with Crippen molar-refractivity contribution in [3.8, 4) is 27.9 Å². The van der Waals surface area contributed by atoms with Gasteiger partial charge in [-0.1, -0.05) is 123 Å². The quantitative estimate of drug-likeness (QED) is 0.159. The minimum Gasteiger partial charge on any atom is -0.309 e. The second-order valence-electron chi connectivity index (χ2n) is 14.8. The maximum atomic E-state index is 2.47. The van der Waals surface area contributed by atoms with Gasteiger partial charge in [-0.2, -0.15) is 0 Å². The summed E-state index contributed by atoms with van der Waals surface area (Å²) in [6, 6.07) is 56.9. The van der Waals surface area contributed by atoms with Crippen LogP contribution in [0.5, 0.6) is 0 Å². The van der Waals surface area contributed by atoms with E-state index >= 15 is 0 Å². The first-order chi connectivity index (χ1) is 25.6. The first-order valence-electron chi connectivity index (χ1n) is 18.0. The van der Waals surface area contributed by atoms with Gasteiger partial charge in [0.2, 0.25) is 0 Å². The molecule has 3 heteroatoms. The fraction of sp³-hybridized carbons (Fsp3) is 0.0612. The van der Waals surface area contributed by atoms with E-state index in [4.69, 9.17) is 0 Å². The van der Waals surface area contributed by atoms with E-state index in [9.17, 15) is 0 Å². The molecule has 0 atom stereocenters. The highest BCUT2D eigenvalue weighted by Crippen LogP contribution is 2.58. The average Bonchev–Trinajstić information content (AvgIpc) is 3.86. The van der Waals surface area contributed by atoms with Crippen molar-refractivity contribution in [3.05, 3.63) is 162 Å². The van der Waals surface area contributed by atoms with Gasteiger partial charge in [0.25, 0.3) is 0 Å². The van der Waals surface area contributed by atoms with E-state index in [2.05, 4.69) is 170 Å². The molecule has 0 fully saturated rings. The Morgan fingerprint density at radius 1 is 0.423 bits per heavy atom. The minimum atomic E-state index is -0.159. The molecule has 0 bridgehead atoms. The number of aromatic nitrogens is 1. The Bertz CT molecular complexity index is 3280. The zero-order chi connectivity index (χ0) is 34.3. The fourth-order valence-corrected chi connectivity index (χ4v) is 11.9. The molecule has 3 aromatic heterocycles. The van der Waals surface area contributed by atoms with Crippen LogP contribution in [0, 0.1) is 0 Å². The molecule has 0 saturated carbocycles. The highest BCUT2D eigenvalue weighted by atomic mass is 32.1. The van der Waals surface area contributed by atoms with Gasteiger partial charge in [-0.05, 0) is 86.3 Å². The first-order valence-corrected chi connectivity index (χ1v) is 19.6. The lowest BCUT2D eigenvalue weighted by atomic mass is 9.70. The third kappa shape index (κ3) is 3.67. The molecule has 8 aromatic carbocycles. The smallest absolute Gasteiger partial charge is 0.0541 e. The third-order valence-corrected chi connectivity index (χ3v) is 14.3. The molecule has 1 aliphatic carbocycles. The van der Waals surface area contributed by atoms with E-state index in [-0.39, 0.29) is 5.41 Å². The van der Waals surface area contributed by atoms with Crippen molar-refractivity contribution in [2.24, 2.45) is 0 Å². The molecular weight excluding hydrogens is 667 g/mol. The Labute approximate surface area is 308 Å². The topological polar surface area (TPSA) is 4.93 Å². The van der Waals surface area contributed by atoms with Crippen LogP contribution in [-0.4, -0.2) is 4.57 Å². The second-order valence-corrected chi connectivity index (χ2v) is 17.0. The summed E-state index contributed by atoms with van der Waals surface area (Å²) in [7, 11) is 0. The predicted octanol–water partition coefficient (Wildman–Crippen LogP) is 14.6. The Balaban J connectivity index is 1.19. The van der Waals surface area contributed by atoms with Gasteiger partial charge in [-0.25, -0.2) is 0 Å². The summed E-state index contributed by atoms with van der Waals surface area (Å²) in [6.07, 6.45) is 0. The Hall–Kier alpha value is -5.74. The van der Waals surface area contributed by atoms with Crippen LogP contribution in [0.2, 0.25) is 0 Å². The number of para-hydroxylation sites is 2. The van der Waals surface area contributed by atoms with Crippen molar-refractivity contribution < 1.29 is 0 Å². The zero-order valence-corrected chi connectivity index (χ0v) is 30.3. The van der Waals surface area contributed by atoms with Crippen LogP contribution >= 0.6 is 22.7 Å². The second kappa shape index (κ2) is 10.2. The van der Waals surface area contributed by atoms with E-state index in [1.807, 2.05) is 22.7 Å². The molecule has 3 heterocycles. The van der Waals surface area contributed by atoms with E-state index in [1.54, 1.807) is 0 Å². The van der Waals surface area contributed by atoms with Crippen molar-refractivity contribution in [3.63, 3.8) is 0 Å². The molecule has 12 rings (SSSR count). The molecule has 1 nitrogen and oxygen atoms in total. The maximum absolute atomic E-state index is 2.47. The molecule has 0 unspecified atom stereocenters. The summed E-state index contributed by atoms with van der Waals surface area (Å²) < 4.78 is 6.48. The number of hydrogen-bond donors (Lipinski definition) is 0. The van der Waals surface area contributed by atoms with E-state index < -0.39 is 0 Å². The van der Waals surface area contributed by atoms with E-state index in [0.717, 1.165) is 0 Å². The average molecular weight is 698 g/mol. The molecule has 0 spiro atoms. The summed E-state index contributed by atoms with van der Waals surface area (Å²) in [5.74, 6) is 0. The first kappa shape index (κ1) is 28.9. The normalized spacial score (nSPS) is 13.7. The summed E-state index contributed by atoms with van der Waals surface area (Å²) in [4.78, 5) is 1.45. The van der Waals surface area contributed by atoms with Crippen molar-refractivity contribution in [1.29, 1.82) is 0 Å². The Morgan fingerprint density at radius 3 is 1.81 bits per heavy atom. The lowest BCUT2D eigenvalue weighted by molar-refractivity contribution is 0.661. The highest BCUT2D eigenvalue weighted by Gasteiger charge is 2.38. The fourth-order valence-electron chi connectivity index (χ4n) is 9.44. The van der Waals surface area contributed by atoms with Crippen molar-refractivity contribution in [2.45, 2.75) is 19.3 Å². The van der Waals surface area contributed by atoms with Crippen LogP contribution in [0.25, 0.3) is 102 Å². The van der Waals surface area contributed by atoms with Gasteiger partial charge in [-0.3, -0.25) is 0 Å². The van der Waals surface area contributed by atoms with Gasteiger partial charge >= 0.3 is 0 Å². The minimum absolute atomic E-state index is 0.159. The van der Waals surface area contributed by atoms with Crippen LogP contribution in [0.1, 0.15) is 24.3 Å². The number of fused-ring (bicyclic) bond motifs is 12. The molecule has 0 saturated heterocycles. The summed E-state index contributed by atoms with van der Waals surface area (Å²) in [5, 5.41) is 12.0. The summed E-state index contributed by atoms with van der Waals surface area (Å²) in [6.45, 7) is 4.87. The van der Waals surface area contributed by atoms with Gasteiger partial charge in [0, 0.05) is 62.6 Å². The molecule has 0 amide bonds. The maximum Gasteiger partial charge on any atom is 0.0541 e. The standard InChI is InChI=1S/C49H31NS2/c1-49(2)38-18-11-17-36-44(28-22-24-33-32-14-7-10-21-41(32)51-43(33)26-28)34-15-3-4-16-35(34)46(45(36)38)47-37-27-29(23-25-42(37)52-48(47)49)50-39-19-8-5-12-30(39)31-13-6-9-20-40(31)50/h3-27H,1-2H3. The Morgan fingerprint density at radius 2 is 1.04 bits per heavy atom. The number of rotatable bonds is 2. The molecular formula is C49H31NS2. The van der Waals surface area contributed by atoms with Crippen LogP contribution in [0.3, 0.4) is 0 Å². The number of benzene rings is 8. The summed E-state index contributed by atoms with van der Waals surface area (Å²) >= 11 is 3.87. The van der Waals surface area contributed by atoms with Crippen molar-refractivity contribution in [1.82, 2.24) is 4.57 Å². The lowest BCUT2D eigenvalue weighted by Crippen LogP contribution is -2.22. The predicted molar refractivity (Wildman–Crippen MR) is 227 cm³/mol. The summed E-state index contributed by atoms with van der Waals surface area (Å²) in [5.41, 5.74) is 10.3. The molecule has 0 radical (unpaired) electrons. The molecule has 11 aromatic rings. The largest absolute Gasteiger partial charge is 0.309 e. The number of hydrogen-bond acceptors (Lipinski definition) is 2. The van der Waals surface area contributed by atoms with E-state index in [1.165, 1.54) is 112 Å². The Kier molecular flexibility index (Phi) is 5.67. The molecule has 52 heavy (non-hydrogen) atoms. The zero-order valence-electron chi connectivity index (χ0n) is 28.7. The lowest BCUT2D eigenvalue weighted by Gasteiger charge is -2.34. The van der Waals surface area contributed by atoms with Gasteiger partial charge < -0.3 is 4.57 Å². The van der Waals surface area contributed by atoms with Crippen molar-refractivity contribution in [2.75, 3.05) is 0 Å². The highest BCUT2D eigenvalue weighted by molar-refractivity contribution is 7.25. The molecule has 0 N–H and O–H groups in total. The molecule has 1 aliphatic rings. The van der Waals surface area contributed by atoms with Gasteiger partial charge in [0.1, 0.15) is 0 Å². The van der Waals surface area contributed by atoms with Crippen molar-refractivity contribution >= 4 is 96.3 Å². The van der Waals surface area contributed by atoms with Gasteiger partial charge in [0.15, 0.2) is 0 Å². The van der Waals surface area contributed by atoms with Gasteiger partial charge in [0.05, 0.1) is 11.0 Å².